The summed E-state index contributed by atoms with van der Waals surface area (Å²) in [5, 5.41) is 3.61. The average molecular weight is 256 g/mol. The third kappa shape index (κ3) is 5.25. The molecule has 3 nitrogen and oxygen atoms in total. The minimum absolute atomic E-state index is 0.208. The van der Waals surface area contributed by atoms with Crippen molar-refractivity contribution in [2.75, 3.05) is 19.6 Å². The Kier molecular flexibility index (Phi) is 5.63. The van der Waals surface area contributed by atoms with Crippen molar-refractivity contribution < 1.29 is 4.74 Å². The molecular weight excluding hydrogens is 224 g/mol. The zero-order valence-electron chi connectivity index (χ0n) is 13.3. The maximum absolute atomic E-state index is 5.80. The molecule has 1 fully saturated rings. The van der Waals surface area contributed by atoms with Crippen molar-refractivity contribution in [2.45, 2.75) is 72.3 Å². The SMILES string of the molecule is CC(CNC(C)(C)C)C(C)N1C[C@@H](C)O[C@@H](C)C1. The van der Waals surface area contributed by atoms with E-state index in [0.29, 0.717) is 24.2 Å². The summed E-state index contributed by atoms with van der Waals surface area (Å²) in [5.74, 6) is 0.654. The Labute approximate surface area is 113 Å². The predicted octanol–water partition coefficient (Wildman–Crippen LogP) is 2.51. The van der Waals surface area contributed by atoms with Gasteiger partial charge in [-0.15, -0.1) is 0 Å². The number of hydrogen-bond acceptors (Lipinski definition) is 3. The van der Waals surface area contributed by atoms with E-state index in [1.54, 1.807) is 0 Å². The van der Waals surface area contributed by atoms with Gasteiger partial charge in [0.25, 0.3) is 0 Å². The van der Waals surface area contributed by atoms with Gasteiger partial charge in [0.2, 0.25) is 0 Å². The first-order valence-corrected chi connectivity index (χ1v) is 7.33. The molecule has 1 saturated heterocycles. The molecule has 1 rings (SSSR count). The van der Waals surface area contributed by atoms with Gasteiger partial charge >= 0.3 is 0 Å². The topological polar surface area (TPSA) is 24.5 Å². The summed E-state index contributed by atoms with van der Waals surface area (Å²) < 4.78 is 5.80. The Hall–Kier alpha value is -0.120. The molecule has 4 atom stereocenters. The Balaban J connectivity index is 2.44. The molecule has 1 aliphatic heterocycles. The lowest BCUT2D eigenvalue weighted by molar-refractivity contribution is -0.0839. The summed E-state index contributed by atoms with van der Waals surface area (Å²) in [7, 11) is 0. The van der Waals surface area contributed by atoms with E-state index >= 15 is 0 Å². The number of morpholine rings is 1. The molecule has 0 aliphatic carbocycles. The van der Waals surface area contributed by atoms with Gasteiger partial charge in [0.05, 0.1) is 12.2 Å². The van der Waals surface area contributed by atoms with Gasteiger partial charge in [-0.25, -0.2) is 0 Å². The van der Waals surface area contributed by atoms with Crippen LogP contribution in [0.25, 0.3) is 0 Å². The average Bonchev–Trinajstić information content (AvgIpc) is 2.22. The molecule has 1 aliphatic rings. The highest BCUT2D eigenvalue weighted by molar-refractivity contribution is 4.82. The van der Waals surface area contributed by atoms with Crippen LogP contribution in [0.15, 0.2) is 0 Å². The molecule has 0 aromatic heterocycles. The molecule has 1 N–H and O–H groups in total. The molecule has 2 unspecified atom stereocenters. The summed E-state index contributed by atoms with van der Waals surface area (Å²) in [6, 6.07) is 0.605. The van der Waals surface area contributed by atoms with Gasteiger partial charge in [-0.3, -0.25) is 4.90 Å². The highest BCUT2D eigenvalue weighted by atomic mass is 16.5. The van der Waals surface area contributed by atoms with Crippen LogP contribution in [0.4, 0.5) is 0 Å². The van der Waals surface area contributed by atoms with Crippen molar-refractivity contribution in [3.8, 4) is 0 Å². The molecule has 0 radical (unpaired) electrons. The summed E-state index contributed by atoms with van der Waals surface area (Å²) >= 11 is 0. The fourth-order valence-corrected chi connectivity index (χ4v) is 2.55. The fraction of sp³-hybridized carbons (Fsp3) is 1.00. The van der Waals surface area contributed by atoms with Crippen molar-refractivity contribution in [1.29, 1.82) is 0 Å². The van der Waals surface area contributed by atoms with Crippen LogP contribution in [-0.4, -0.2) is 48.3 Å². The molecule has 18 heavy (non-hydrogen) atoms. The normalized spacial score (nSPS) is 30.2. The smallest absolute Gasteiger partial charge is 0.0678 e. The van der Waals surface area contributed by atoms with Gasteiger partial charge in [-0.1, -0.05) is 6.92 Å². The molecule has 0 saturated carbocycles. The van der Waals surface area contributed by atoms with Gasteiger partial charge in [-0.2, -0.15) is 0 Å². The maximum Gasteiger partial charge on any atom is 0.0678 e. The van der Waals surface area contributed by atoms with E-state index in [0.717, 1.165) is 19.6 Å². The van der Waals surface area contributed by atoms with E-state index in [1.807, 2.05) is 0 Å². The number of nitrogens with one attached hydrogen (secondary N) is 1. The van der Waals surface area contributed by atoms with E-state index in [1.165, 1.54) is 0 Å². The Morgan fingerprint density at radius 2 is 1.67 bits per heavy atom. The van der Waals surface area contributed by atoms with Crippen molar-refractivity contribution in [3.05, 3.63) is 0 Å². The number of hydrogen-bond donors (Lipinski definition) is 1. The lowest BCUT2D eigenvalue weighted by Crippen LogP contribution is -2.52. The Bertz CT molecular complexity index is 239. The van der Waals surface area contributed by atoms with Crippen LogP contribution >= 0.6 is 0 Å². The second kappa shape index (κ2) is 6.36. The first kappa shape index (κ1) is 15.9. The van der Waals surface area contributed by atoms with Gasteiger partial charge in [-0.05, 0) is 54.0 Å². The van der Waals surface area contributed by atoms with E-state index in [-0.39, 0.29) is 5.54 Å². The molecule has 3 heteroatoms. The fourth-order valence-electron chi connectivity index (χ4n) is 2.55. The quantitative estimate of drug-likeness (QED) is 0.836. The lowest BCUT2D eigenvalue weighted by Gasteiger charge is -2.41. The van der Waals surface area contributed by atoms with Gasteiger partial charge < -0.3 is 10.1 Å². The van der Waals surface area contributed by atoms with Crippen LogP contribution in [0.3, 0.4) is 0 Å². The molecule has 0 aromatic carbocycles. The molecule has 0 bridgehead atoms. The molecule has 0 amide bonds. The third-order valence-electron chi connectivity index (χ3n) is 3.80. The van der Waals surface area contributed by atoms with Gasteiger partial charge in [0.15, 0.2) is 0 Å². The van der Waals surface area contributed by atoms with E-state index in [2.05, 4.69) is 58.7 Å². The van der Waals surface area contributed by atoms with E-state index in [9.17, 15) is 0 Å². The van der Waals surface area contributed by atoms with Crippen molar-refractivity contribution in [1.82, 2.24) is 10.2 Å². The number of ether oxygens (including phenoxy) is 1. The van der Waals surface area contributed by atoms with E-state index in [4.69, 9.17) is 4.74 Å². The van der Waals surface area contributed by atoms with Crippen molar-refractivity contribution >= 4 is 0 Å². The molecule has 0 aromatic rings. The number of nitrogens with zero attached hydrogens (tertiary/aromatic N) is 1. The number of rotatable bonds is 4. The van der Waals surface area contributed by atoms with Gasteiger partial charge in [0.1, 0.15) is 0 Å². The van der Waals surface area contributed by atoms with Crippen LogP contribution < -0.4 is 5.32 Å². The minimum atomic E-state index is 0.208. The highest BCUT2D eigenvalue weighted by Crippen LogP contribution is 2.18. The van der Waals surface area contributed by atoms with Crippen LogP contribution in [-0.2, 0) is 4.74 Å². The van der Waals surface area contributed by atoms with Crippen molar-refractivity contribution in [3.63, 3.8) is 0 Å². The Morgan fingerprint density at radius 1 is 1.17 bits per heavy atom. The van der Waals surface area contributed by atoms with E-state index < -0.39 is 0 Å². The van der Waals surface area contributed by atoms with Crippen LogP contribution in [0, 0.1) is 5.92 Å². The minimum Gasteiger partial charge on any atom is -0.373 e. The summed E-state index contributed by atoms with van der Waals surface area (Å²) in [6.45, 7) is 18.9. The van der Waals surface area contributed by atoms with Crippen molar-refractivity contribution in [2.24, 2.45) is 5.92 Å². The standard InChI is InChI=1S/C15H32N2O/c1-11(8-16-15(5,6)7)14(4)17-9-12(2)18-13(3)10-17/h11-14,16H,8-10H2,1-7H3/t11?,12-,13+,14?. The van der Waals surface area contributed by atoms with Crippen LogP contribution in [0.5, 0.6) is 0 Å². The summed E-state index contributed by atoms with van der Waals surface area (Å²) in [5.41, 5.74) is 0.208. The largest absolute Gasteiger partial charge is 0.373 e. The zero-order valence-corrected chi connectivity index (χ0v) is 13.3. The second-order valence-electron chi connectivity index (χ2n) is 7.06. The highest BCUT2D eigenvalue weighted by Gasteiger charge is 2.28. The monoisotopic (exact) mass is 256 g/mol. The third-order valence-corrected chi connectivity index (χ3v) is 3.80. The van der Waals surface area contributed by atoms with Crippen LogP contribution in [0.2, 0.25) is 0 Å². The van der Waals surface area contributed by atoms with Crippen LogP contribution in [0.1, 0.15) is 48.5 Å². The lowest BCUT2D eigenvalue weighted by atomic mass is 9.98. The molecule has 0 spiro atoms. The Morgan fingerprint density at radius 3 is 2.11 bits per heavy atom. The first-order valence-electron chi connectivity index (χ1n) is 7.33. The maximum atomic E-state index is 5.80. The predicted molar refractivity (Wildman–Crippen MR) is 78.0 cm³/mol. The molecule has 108 valence electrons. The first-order chi connectivity index (χ1) is 8.19. The second-order valence-corrected chi connectivity index (χ2v) is 7.06. The molecule has 1 heterocycles. The van der Waals surface area contributed by atoms with Gasteiger partial charge in [0, 0.05) is 24.7 Å². The zero-order chi connectivity index (χ0) is 13.9. The molecular formula is C15H32N2O. The summed E-state index contributed by atoms with van der Waals surface area (Å²) in [4.78, 5) is 2.58. The summed E-state index contributed by atoms with van der Waals surface area (Å²) in [6.07, 6.45) is 0.720.